The summed E-state index contributed by atoms with van der Waals surface area (Å²) in [5.41, 5.74) is 1.53. The minimum absolute atomic E-state index is 0.478. The third-order valence-corrected chi connectivity index (χ3v) is 2.15. The first-order valence-electron chi connectivity index (χ1n) is 5.55. The van der Waals surface area contributed by atoms with E-state index in [4.69, 9.17) is 9.47 Å². The molecule has 0 unspecified atom stereocenters. The van der Waals surface area contributed by atoms with Crippen molar-refractivity contribution in [2.24, 2.45) is 0 Å². The molecule has 0 atom stereocenters. The lowest BCUT2D eigenvalue weighted by atomic mass is 10.1. The molecule has 4 heteroatoms. The van der Waals surface area contributed by atoms with E-state index in [1.165, 1.54) is 13.8 Å². The molecule has 1 aromatic rings. The van der Waals surface area contributed by atoms with E-state index in [0.717, 1.165) is 5.56 Å². The van der Waals surface area contributed by atoms with E-state index in [1.54, 1.807) is 0 Å². The Morgan fingerprint density at radius 1 is 1.11 bits per heavy atom. The molecule has 4 nitrogen and oxygen atoms in total. The van der Waals surface area contributed by atoms with Gasteiger partial charge in [0, 0.05) is 25.8 Å². The van der Waals surface area contributed by atoms with Gasteiger partial charge in [-0.1, -0.05) is 36.9 Å². The van der Waals surface area contributed by atoms with Crippen LogP contribution < -0.4 is 0 Å². The maximum Gasteiger partial charge on any atom is 0.305 e. The van der Waals surface area contributed by atoms with Gasteiger partial charge in [-0.15, -0.1) is 0 Å². The van der Waals surface area contributed by atoms with E-state index in [9.17, 15) is 9.59 Å². The summed E-state index contributed by atoms with van der Waals surface area (Å²) in [6, 6.07) is 9.54. The Morgan fingerprint density at radius 2 is 1.61 bits per heavy atom. The zero-order valence-electron chi connectivity index (χ0n) is 10.5. The molecule has 0 aliphatic carbocycles. The lowest BCUT2D eigenvalue weighted by molar-refractivity contribution is -0.178. The highest BCUT2D eigenvalue weighted by Gasteiger charge is 2.19. The third-order valence-electron chi connectivity index (χ3n) is 2.15. The minimum Gasteiger partial charge on any atom is -0.421 e. The summed E-state index contributed by atoms with van der Waals surface area (Å²) in [5.74, 6) is -1.04. The average molecular weight is 248 g/mol. The Hall–Kier alpha value is -2.10. The molecule has 0 amide bonds. The first-order chi connectivity index (χ1) is 8.49. The zero-order chi connectivity index (χ0) is 13.5. The van der Waals surface area contributed by atoms with Gasteiger partial charge in [0.15, 0.2) is 0 Å². The maximum atomic E-state index is 10.9. The van der Waals surface area contributed by atoms with Crippen LogP contribution in [0.1, 0.15) is 19.4 Å². The van der Waals surface area contributed by atoms with Crippen molar-refractivity contribution in [3.63, 3.8) is 0 Å². The standard InChI is InChI=1S/C14H16O4/c1-10(9-13-7-5-4-6-8-13)14(17-11(2)15)18-12(3)16/h4-8,14H,1,9H2,2-3H3. The molecule has 0 fully saturated rings. The van der Waals surface area contributed by atoms with Crippen molar-refractivity contribution >= 4 is 11.9 Å². The first-order valence-corrected chi connectivity index (χ1v) is 5.55. The second kappa shape index (κ2) is 6.59. The van der Waals surface area contributed by atoms with Crippen LogP contribution in [0.5, 0.6) is 0 Å². The van der Waals surface area contributed by atoms with Crippen molar-refractivity contribution < 1.29 is 19.1 Å². The summed E-state index contributed by atoms with van der Waals surface area (Å²) in [6.07, 6.45) is -0.549. The number of esters is 2. The van der Waals surface area contributed by atoms with E-state index in [1.807, 2.05) is 30.3 Å². The fourth-order valence-electron chi connectivity index (χ4n) is 1.43. The summed E-state index contributed by atoms with van der Waals surface area (Å²) in [5, 5.41) is 0. The van der Waals surface area contributed by atoms with Crippen molar-refractivity contribution in [2.75, 3.05) is 0 Å². The van der Waals surface area contributed by atoms with Gasteiger partial charge in [0.25, 0.3) is 6.29 Å². The Morgan fingerprint density at radius 3 is 2.06 bits per heavy atom. The largest absolute Gasteiger partial charge is 0.421 e. The van der Waals surface area contributed by atoms with Crippen LogP contribution in [0.3, 0.4) is 0 Å². The van der Waals surface area contributed by atoms with E-state index >= 15 is 0 Å². The molecule has 0 saturated heterocycles. The van der Waals surface area contributed by atoms with Gasteiger partial charge in [-0.05, 0) is 5.56 Å². The van der Waals surface area contributed by atoms with Crippen LogP contribution in [0.15, 0.2) is 42.5 Å². The molecule has 0 spiro atoms. The van der Waals surface area contributed by atoms with Crippen molar-refractivity contribution in [2.45, 2.75) is 26.6 Å². The van der Waals surface area contributed by atoms with Crippen LogP contribution in [0.4, 0.5) is 0 Å². The predicted octanol–water partition coefficient (Wildman–Crippen LogP) is 2.24. The lowest BCUT2D eigenvalue weighted by Gasteiger charge is -2.18. The monoisotopic (exact) mass is 248 g/mol. The van der Waals surface area contributed by atoms with Crippen molar-refractivity contribution in [3.05, 3.63) is 48.0 Å². The number of benzene rings is 1. The van der Waals surface area contributed by atoms with Crippen LogP contribution in [0.25, 0.3) is 0 Å². The Labute approximate surface area is 106 Å². The molecule has 0 aromatic heterocycles. The van der Waals surface area contributed by atoms with Gasteiger partial charge in [-0.25, -0.2) is 0 Å². The molecular weight excluding hydrogens is 232 g/mol. The van der Waals surface area contributed by atoms with Crippen LogP contribution in [-0.4, -0.2) is 18.2 Å². The molecule has 1 aromatic carbocycles. The SMILES string of the molecule is C=C(Cc1ccccc1)C(OC(C)=O)OC(C)=O. The van der Waals surface area contributed by atoms with E-state index in [-0.39, 0.29) is 0 Å². The molecule has 0 N–H and O–H groups in total. The van der Waals surface area contributed by atoms with Gasteiger partial charge in [0.2, 0.25) is 0 Å². The predicted molar refractivity (Wildman–Crippen MR) is 66.6 cm³/mol. The lowest BCUT2D eigenvalue weighted by Crippen LogP contribution is -2.25. The molecule has 0 aliphatic heterocycles. The van der Waals surface area contributed by atoms with Gasteiger partial charge < -0.3 is 9.47 Å². The molecule has 18 heavy (non-hydrogen) atoms. The van der Waals surface area contributed by atoms with Crippen LogP contribution in [0, 0.1) is 0 Å². The van der Waals surface area contributed by atoms with Crippen LogP contribution in [0.2, 0.25) is 0 Å². The number of ether oxygens (including phenoxy) is 2. The fourth-order valence-corrected chi connectivity index (χ4v) is 1.43. The molecule has 0 heterocycles. The Balaban J connectivity index is 2.69. The molecular formula is C14H16O4. The average Bonchev–Trinajstić information content (AvgIpc) is 2.28. The quantitative estimate of drug-likeness (QED) is 0.455. The van der Waals surface area contributed by atoms with E-state index in [2.05, 4.69) is 6.58 Å². The van der Waals surface area contributed by atoms with Gasteiger partial charge in [-0.2, -0.15) is 0 Å². The topological polar surface area (TPSA) is 52.6 Å². The highest BCUT2D eigenvalue weighted by atomic mass is 16.7. The van der Waals surface area contributed by atoms with Crippen molar-refractivity contribution in [3.8, 4) is 0 Å². The normalized spacial score (nSPS) is 9.94. The smallest absolute Gasteiger partial charge is 0.305 e. The molecule has 0 radical (unpaired) electrons. The summed E-state index contributed by atoms with van der Waals surface area (Å²) >= 11 is 0. The van der Waals surface area contributed by atoms with Gasteiger partial charge >= 0.3 is 11.9 Å². The number of hydrogen-bond donors (Lipinski definition) is 0. The van der Waals surface area contributed by atoms with E-state index < -0.39 is 18.2 Å². The highest BCUT2D eigenvalue weighted by Crippen LogP contribution is 2.14. The minimum atomic E-state index is -1.03. The summed E-state index contributed by atoms with van der Waals surface area (Å²) in [4.78, 5) is 21.9. The molecule has 0 saturated carbocycles. The second-order valence-corrected chi connectivity index (χ2v) is 3.87. The molecule has 0 aliphatic rings. The summed E-state index contributed by atoms with van der Waals surface area (Å²) in [6.45, 7) is 6.31. The van der Waals surface area contributed by atoms with E-state index in [0.29, 0.717) is 12.0 Å². The molecule has 0 bridgehead atoms. The van der Waals surface area contributed by atoms with Gasteiger partial charge in [0.05, 0.1) is 0 Å². The highest BCUT2D eigenvalue weighted by molar-refractivity contribution is 5.68. The van der Waals surface area contributed by atoms with Crippen LogP contribution in [-0.2, 0) is 25.5 Å². The second-order valence-electron chi connectivity index (χ2n) is 3.87. The fraction of sp³-hybridized carbons (Fsp3) is 0.286. The summed E-state index contributed by atoms with van der Waals surface area (Å²) < 4.78 is 9.83. The Bertz CT molecular complexity index is 420. The number of carbonyl (C=O) groups excluding carboxylic acids is 2. The van der Waals surface area contributed by atoms with Crippen molar-refractivity contribution in [1.29, 1.82) is 0 Å². The molecule has 1 rings (SSSR count). The van der Waals surface area contributed by atoms with Crippen molar-refractivity contribution in [1.82, 2.24) is 0 Å². The maximum absolute atomic E-state index is 10.9. The van der Waals surface area contributed by atoms with Gasteiger partial charge in [-0.3, -0.25) is 9.59 Å². The molecule has 96 valence electrons. The number of carbonyl (C=O) groups is 2. The Kier molecular flexibility index (Phi) is 5.11. The number of hydrogen-bond acceptors (Lipinski definition) is 4. The number of rotatable bonds is 5. The summed E-state index contributed by atoms with van der Waals surface area (Å²) in [7, 11) is 0. The zero-order valence-corrected chi connectivity index (χ0v) is 10.5. The van der Waals surface area contributed by atoms with Gasteiger partial charge in [0.1, 0.15) is 0 Å². The van der Waals surface area contributed by atoms with Crippen LogP contribution >= 0.6 is 0 Å². The third kappa shape index (κ3) is 4.82. The first kappa shape index (κ1) is 14.0.